The minimum absolute atomic E-state index is 0.000420. The Hall–Kier alpha value is -2.22. The van der Waals surface area contributed by atoms with Crippen molar-refractivity contribution in [2.75, 3.05) is 33.4 Å². The Morgan fingerprint density at radius 2 is 2.00 bits per heavy atom. The summed E-state index contributed by atoms with van der Waals surface area (Å²) >= 11 is 6.41. The van der Waals surface area contributed by atoms with Crippen LogP contribution < -0.4 is 10.9 Å². The zero-order valence-corrected chi connectivity index (χ0v) is 16.7. The van der Waals surface area contributed by atoms with Crippen molar-refractivity contribution in [1.29, 1.82) is 0 Å². The summed E-state index contributed by atoms with van der Waals surface area (Å²) in [6.45, 7) is 3.02. The van der Waals surface area contributed by atoms with Crippen molar-refractivity contribution in [2.45, 2.75) is 25.4 Å². The number of rotatable bonds is 8. The number of ether oxygens (including phenoxy) is 1. The molecule has 0 bridgehead atoms. The van der Waals surface area contributed by atoms with Crippen molar-refractivity contribution in [3.8, 4) is 0 Å². The van der Waals surface area contributed by atoms with Gasteiger partial charge in [-0.15, -0.1) is 0 Å². The molecule has 1 fully saturated rings. The van der Waals surface area contributed by atoms with Crippen LogP contribution in [0.5, 0.6) is 0 Å². The van der Waals surface area contributed by atoms with Gasteiger partial charge in [0.05, 0.1) is 19.2 Å². The molecular weight excluding hydrogens is 380 g/mol. The molecule has 1 atom stereocenters. The van der Waals surface area contributed by atoms with Crippen LogP contribution in [-0.2, 0) is 11.3 Å². The van der Waals surface area contributed by atoms with Crippen molar-refractivity contribution < 1.29 is 9.53 Å². The van der Waals surface area contributed by atoms with Gasteiger partial charge in [0.25, 0.3) is 11.5 Å². The number of halogens is 1. The van der Waals surface area contributed by atoms with Gasteiger partial charge < -0.3 is 10.1 Å². The first-order valence-electron chi connectivity index (χ1n) is 9.44. The van der Waals surface area contributed by atoms with Crippen molar-refractivity contribution >= 4 is 17.5 Å². The van der Waals surface area contributed by atoms with E-state index in [-0.39, 0.29) is 23.2 Å². The molecule has 0 spiro atoms. The highest BCUT2D eigenvalue weighted by Gasteiger charge is 2.25. The molecule has 1 aliphatic rings. The third-order valence-corrected chi connectivity index (χ3v) is 5.25. The lowest BCUT2D eigenvalue weighted by molar-refractivity contribution is 0.0929. The van der Waals surface area contributed by atoms with Gasteiger partial charge in [-0.2, -0.15) is 5.10 Å². The van der Waals surface area contributed by atoms with E-state index >= 15 is 0 Å². The van der Waals surface area contributed by atoms with Crippen LogP contribution in [-0.4, -0.2) is 53.9 Å². The number of aromatic nitrogens is 2. The van der Waals surface area contributed by atoms with E-state index in [1.54, 1.807) is 7.11 Å². The molecule has 8 heteroatoms. The number of hydrogen-bond donors (Lipinski definition) is 1. The first-order valence-corrected chi connectivity index (χ1v) is 9.81. The van der Waals surface area contributed by atoms with Gasteiger partial charge in [0.1, 0.15) is 5.69 Å². The highest BCUT2D eigenvalue weighted by Crippen LogP contribution is 2.29. The lowest BCUT2D eigenvalue weighted by Crippen LogP contribution is -2.38. The van der Waals surface area contributed by atoms with E-state index in [1.807, 2.05) is 24.3 Å². The zero-order valence-electron chi connectivity index (χ0n) is 15.9. The van der Waals surface area contributed by atoms with E-state index in [2.05, 4.69) is 15.3 Å². The maximum atomic E-state index is 12.6. The Labute approximate surface area is 169 Å². The van der Waals surface area contributed by atoms with Crippen LogP contribution in [0.2, 0.25) is 5.02 Å². The van der Waals surface area contributed by atoms with Crippen LogP contribution in [0, 0.1) is 0 Å². The molecule has 2 aromatic rings. The molecule has 3 rings (SSSR count). The molecule has 1 aromatic heterocycles. The Balaban J connectivity index is 1.73. The number of amides is 1. The number of carbonyl (C=O) groups excluding carboxylic acids is 1. The number of nitrogens with zero attached hydrogens (tertiary/aromatic N) is 3. The van der Waals surface area contributed by atoms with Gasteiger partial charge >= 0.3 is 0 Å². The first-order chi connectivity index (χ1) is 13.6. The largest absolute Gasteiger partial charge is 0.383 e. The van der Waals surface area contributed by atoms with Gasteiger partial charge in [0.2, 0.25) is 0 Å². The van der Waals surface area contributed by atoms with Gasteiger partial charge in [0, 0.05) is 24.7 Å². The summed E-state index contributed by atoms with van der Waals surface area (Å²) in [6, 6.07) is 10.5. The molecule has 0 aliphatic carbocycles. The van der Waals surface area contributed by atoms with Crippen LogP contribution in [0.25, 0.3) is 0 Å². The summed E-state index contributed by atoms with van der Waals surface area (Å²) in [7, 11) is 1.55. The average molecular weight is 405 g/mol. The van der Waals surface area contributed by atoms with E-state index in [0.717, 1.165) is 31.5 Å². The fourth-order valence-corrected chi connectivity index (χ4v) is 3.68. The number of benzene rings is 1. The molecular formula is C20H25ClN4O3. The molecule has 7 nitrogen and oxygen atoms in total. The number of carbonyl (C=O) groups is 1. The predicted octanol–water partition coefficient (Wildman–Crippen LogP) is 2.11. The lowest BCUT2D eigenvalue weighted by Gasteiger charge is -2.28. The van der Waals surface area contributed by atoms with Gasteiger partial charge in [-0.05, 0) is 43.6 Å². The average Bonchev–Trinajstić information content (AvgIpc) is 3.23. The monoisotopic (exact) mass is 404 g/mol. The fourth-order valence-electron chi connectivity index (χ4n) is 3.42. The second-order valence-corrected chi connectivity index (χ2v) is 7.17. The minimum Gasteiger partial charge on any atom is -0.383 e. The molecule has 1 N–H and O–H groups in total. The summed E-state index contributed by atoms with van der Waals surface area (Å²) in [5.74, 6) is -0.317. The lowest BCUT2D eigenvalue weighted by atomic mass is 10.1. The zero-order chi connectivity index (χ0) is 19.9. The summed E-state index contributed by atoms with van der Waals surface area (Å²) in [5, 5.41) is 7.80. The first kappa shape index (κ1) is 20.5. The molecule has 1 aliphatic heterocycles. The third-order valence-electron chi connectivity index (χ3n) is 4.91. The normalized spacial score (nSPS) is 15.5. The van der Waals surface area contributed by atoms with Gasteiger partial charge in [-0.3, -0.25) is 14.5 Å². The second-order valence-electron chi connectivity index (χ2n) is 6.76. The van der Waals surface area contributed by atoms with E-state index in [0.29, 0.717) is 24.7 Å². The topological polar surface area (TPSA) is 76.5 Å². The van der Waals surface area contributed by atoms with Crippen LogP contribution in [0.3, 0.4) is 0 Å². The van der Waals surface area contributed by atoms with Crippen LogP contribution >= 0.6 is 11.6 Å². The highest BCUT2D eigenvalue weighted by atomic mass is 35.5. The van der Waals surface area contributed by atoms with E-state index < -0.39 is 0 Å². The van der Waals surface area contributed by atoms with Gasteiger partial charge in [-0.25, -0.2) is 4.68 Å². The van der Waals surface area contributed by atoms with Gasteiger partial charge in [0.15, 0.2) is 0 Å². The molecule has 1 amide bonds. The molecule has 0 unspecified atom stereocenters. The predicted molar refractivity (Wildman–Crippen MR) is 108 cm³/mol. The minimum atomic E-state index is -0.317. The molecule has 150 valence electrons. The Bertz CT molecular complexity index is 865. The number of methoxy groups -OCH3 is 1. The summed E-state index contributed by atoms with van der Waals surface area (Å²) < 4.78 is 6.22. The smallest absolute Gasteiger partial charge is 0.271 e. The number of hydrogen-bond acceptors (Lipinski definition) is 5. The Morgan fingerprint density at radius 3 is 2.71 bits per heavy atom. The fraction of sp³-hybridized carbons (Fsp3) is 0.450. The molecule has 28 heavy (non-hydrogen) atoms. The number of likely N-dealkylation sites (tertiary alicyclic amines) is 1. The Kier molecular flexibility index (Phi) is 7.19. The molecule has 0 saturated carbocycles. The quantitative estimate of drug-likeness (QED) is 0.729. The van der Waals surface area contributed by atoms with E-state index in [4.69, 9.17) is 16.3 Å². The second kappa shape index (κ2) is 9.82. The molecule has 0 radical (unpaired) electrons. The van der Waals surface area contributed by atoms with E-state index in [1.165, 1.54) is 16.8 Å². The molecule has 1 saturated heterocycles. The van der Waals surface area contributed by atoms with Crippen LogP contribution in [0.15, 0.2) is 41.2 Å². The summed E-state index contributed by atoms with van der Waals surface area (Å²) in [5.41, 5.74) is 0.944. The van der Waals surface area contributed by atoms with Crippen molar-refractivity contribution in [2.24, 2.45) is 0 Å². The van der Waals surface area contributed by atoms with Crippen molar-refractivity contribution in [1.82, 2.24) is 20.0 Å². The SMILES string of the molecule is COCCn1nc(C(=O)NC[C@H](c2ccccc2Cl)N2CCCC2)ccc1=O. The highest BCUT2D eigenvalue weighted by molar-refractivity contribution is 6.31. The Morgan fingerprint density at radius 1 is 1.25 bits per heavy atom. The van der Waals surface area contributed by atoms with Gasteiger partial charge in [-0.1, -0.05) is 29.8 Å². The third kappa shape index (κ3) is 4.98. The van der Waals surface area contributed by atoms with Crippen LogP contribution in [0.1, 0.15) is 34.9 Å². The molecule has 1 aromatic carbocycles. The standard InChI is InChI=1S/C20H25ClN4O3/c1-28-13-12-25-19(26)9-8-17(23-25)20(27)22-14-18(24-10-4-5-11-24)15-6-2-3-7-16(15)21/h2-3,6-9,18H,4-5,10-14H2,1H3,(H,22,27)/t18-/m1/s1. The summed E-state index contributed by atoms with van der Waals surface area (Å²) in [6.07, 6.45) is 2.28. The number of nitrogens with one attached hydrogen (secondary N) is 1. The van der Waals surface area contributed by atoms with Crippen LogP contribution in [0.4, 0.5) is 0 Å². The molecule has 2 heterocycles. The van der Waals surface area contributed by atoms with E-state index in [9.17, 15) is 9.59 Å². The summed E-state index contributed by atoms with van der Waals surface area (Å²) in [4.78, 5) is 26.8. The maximum absolute atomic E-state index is 12.6. The maximum Gasteiger partial charge on any atom is 0.271 e. The van der Waals surface area contributed by atoms with Crippen molar-refractivity contribution in [3.63, 3.8) is 0 Å². The van der Waals surface area contributed by atoms with Crippen molar-refractivity contribution in [3.05, 3.63) is 63.0 Å².